The van der Waals surface area contributed by atoms with E-state index in [1.807, 2.05) is 55.4 Å². The van der Waals surface area contributed by atoms with Crippen molar-refractivity contribution in [2.45, 2.75) is 366 Å². The van der Waals surface area contributed by atoms with E-state index in [0.717, 1.165) is 0 Å². The molecule has 0 saturated heterocycles. The molecule has 8 amide bonds. The highest BCUT2D eigenvalue weighted by atomic mass is 16.6. The molecule has 648 valence electrons. The maximum atomic E-state index is 17.4. The Labute approximate surface area is 673 Å². The molecule has 0 spiro atoms. The highest BCUT2D eigenvalue weighted by Gasteiger charge is 2.68. The van der Waals surface area contributed by atoms with E-state index < -0.39 is 195 Å². The number of hydrogen-bond donors (Lipinski definition) is 10. The Bertz CT molecular complexity index is 3250. The van der Waals surface area contributed by atoms with Crippen LogP contribution in [0, 0.1) is 81.3 Å². The summed E-state index contributed by atoms with van der Waals surface area (Å²) >= 11 is 0. The second kappa shape index (κ2) is 41.1. The number of nitrogens with one attached hydrogen (secondary N) is 8. The molecule has 0 aromatic carbocycles. The summed E-state index contributed by atoms with van der Waals surface area (Å²) < 4.78 is 44.9. The van der Waals surface area contributed by atoms with Crippen LogP contribution in [0.5, 0.6) is 0 Å². The first kappa shape index (κ1) is 98.2. The molecular weight excluding hydrogens is 1460 g/mol. The van der Waals surface area contributed by atoms with E-state index in [1.165, 1.54) is 41.5 Å². The lowest BCUT2D eigenvalue weighted by molar-refractivity contribution is -0.194. The van der Waals surface area contributed by atoms with Crippen LogP contribution in [0.2, 0.25) is 0 Å². The van der Waals surface area contributed by atoms with Crippen molar-refractivity contribution in [1.29, 1.82) is 0 Å². The standard InChI is InChI=1S/C84H146N8O21/c1-28-35-53(45(8)43-85-47(10)93)37-55-59(90-75(104)111-79(17,18)19)40-82(26,67(55)97)71(100)109-69-63(65(88-50(13)96)52(32-5)33-6)61(92-77(106)113-81(23,24)25)42-84(69,34-7)73(102)108-68-56(38-54(36-29-2)46(9)44-86-48(11)94)60(91-76(105)112-80(20,21)22)41-83(68,27)72(101)107-66-57(70(98)99)39-58(89-74(103)110-78(14,15)16)62(66)64(87-49(12)95)51(30-3)31-4/h45-46,51-69,97H,28-44H2,1-27H3,(H,85,93)(H,86,94)(H,87,95)(H,88,96)(H,89,103)(H,90,104)(H,91,105)(H,92,106)(H,98,99)/t45?,46?,53?,54?,55-,56-,57+,58?,59-,60-,61-,62?,63-,64+,65+,66-,67?,68?,69+,82?,83?,84+/m1/s1. The summed E-state index contributed by atoms with van der Waals surface area (Å²) in [4.78, 5) is 174. The minimum atomic E-state index is -2.11. The number of carbonyl (C=O) groups excluding carboxylic acids is 11. The fourth-order valence-corrected chi connectivity index (χ4v) is 18.5. The predicted octanol–water partition coefficient (Wildman–Crippen LogP) is 11.9. The van der Waals surface area contributed by atoms with Crippen molar-refractivity contribution in [2.75, 3.05) is 13.1 Å². The first-order valence-electron chi connectivity index (χ1n) is 41.7. The van der Waals surface area contributed by atoms with Gasteiger partial charge in [0.05, 0.1) is 17.4 Å². The summed E-state index contributed by atoms with van der Waals surface area (Å²) in [6.07, 6.45) is -7.07. The number of amides is 8. The van der Waals surface area contributed by atoms with Gasteiger partial charge in [0.2, 0.25) is 23.6 Å². The molecule has 10 N–H and O–H groups in total. The smallest absolute Gasteiger partial charge is 0.407 e. The number of ether oxygens (including phenoxy) is 7. The molecule has 0 aromatic heterocycles. The van der Waals surface area contributed by atoms with Gasteiger partial charge < -0.3 is 85.9 Å². The molecule has 4 aliphatic carbocycles. The Morgan fingerprint density at radius 3 is 1.18 bits per heavy atom. The molecule has 0 aliphatic heterocycles. The molecular formula is C84H146N8O21. The molecule has 0 heterocycles. The largest absolute Gasteiger partial charge is 0.481 e. The number of aliphatic carboxylic acids is 1. The quantitative estimate of drug-likeness (QED) is 0.0206. The minimum absolute atomic E-state index is 0.0875. The molecule has 0 radical (unpaired) electrons. The van der Waals surface area contributed by atoms with Gasteiger partial charge >= 0.3 is 48.3 Å². The van der Waals surface area contributed by atoms with Crippen LogP contribution in [-0.2, 0) is 71.5 Å². The van der Waals surface area contributed by atoms with Crippen LogP contribution < -0.4 is 42.5 Å². The molecule has 10 unspecified atom stereocenters. The molecule has 0 aromatic rings. The molecule has 29 nitrogen and oxygen atoms in total. The van der Waals surface area contributed by atoms with Crippen LogP contribution in [0.1, 0.15) is 283 Å². The third kappa shape index (κ3) is 26.9. The summed E-state index contributed by atoms with van der Waals surface area (Å²) in [5, 5.41) is 48.6. The second-order valence-electron chi connectivity index (χ2n) is 37.6. The Balaban J connectivity index is 2.26. The highest BCUT2D eigenvalue weighted by molar-refractivity contribution is 5.85. The first-order valence-corrected chi connectivity index (χ1v) is 41.7. The van der Waals surface area contributed by atoms with Gasteiger partial charge in [0.25, 0.3) is 0 Å². The Kier molecular flexibility index (Phi) is 35.7. The Hall–Kier alpha value is -7.20. The van der Waals surface area contributed by atoms with Crippen LogP contribution in [0.25, 0.3) is 0 Å². The van der Waals surface area contributed by atoms with Gasteiger partial charge in [-0.2, -0.15) is 0 Å². The van der Waals surface area contributed by atoms with Crippen molar-refractivity contribution < 1.29 is 101 Å². The summed E-state index contributed by atoms with van der Waals surface area (Å²) in [6, 6.07) is -6.32. The predicted molar refractivity (Wildman–Crippen MR) is 426 cm³/mol. The molecule has 113 heavy (non-hydrogen) atoms. The van der Waals surface area contributed by atoms with E-state index in [2.05, 4.69) is 42.5 Å². The number of carboxylic acids is 1. The van der Waals surface area contributed by atoms with E-state index in [-0.39, 0.29) is 92.9 Å². The van der Waals surface area contributed by atoms with Gasteiger partial charge in [-0.1, -0.05) is 114 Å². The fourth-order valence-electron chi connectivity index (χ4n) is 18.5. The topological polar surface area (TPSA) is 406 Å². The summed E-state index contributed by atoms with van der Waals surface area (Å²) in [6.45, 7) is 46.2. The number of alkyl carbamates (subject to hydrolysis) is 4. The Morgan fingerprint density at radius 2 is 0.805 bits per heavy atom. The molecule has 0 bridgehead atoms. The lowest BCUT2D eigenvalue weighted by Crippen LogP contribution is -2.57. The molecule has 4 fully saturated rings. The number of esters is 3. The van der Waals surface area contributed by atoms with Gasteiger partial charge in [0.15, 0.2) is 0 Å². The normalized spacial score (nSPS) is 28.7. The van der Waals surface area contributed by atoms with Gasteiger partial charge in [-0.3, -0.25) is 38.4 Å². The fraction of sp³-hybridized carbons (Fsp3) is 0.857. The third-order valence-corrected chi connectivity index (χ3v) is 24.0. The van der Waals surface area contributed by atoms with Crippen LogP contribution in [0.15, 0.2) is 0 Å². The molecule has 29 heteroatoms. The number of carbonyl (C=O) groups is 12. The van der Waals surface area contributed by atoms with Crippen LogP contribution in [-0.4, -0.2) is 178 Å². The third-order valence-electron chi connectivity index (χ3n) is 24.0. The second-order valence-corrected chi connectivity index (χ2v) is 37.6. The van der Waals surface area contributed by atoms with Crippen LogP contribution >= 0.6 is 0 Å². The molecule has 22 atom stereocenters. The van der Waals surface area contributed by atoms with E-state index in [4.69, 9.17) is 33.2 Å². The lowest BCUT2D eigenvalue weighted by atomic mass is 9.74. The highest BCUT2D eigenvalue weighted by Crippen LogP contribution is 2.56. The maximum Gasteiger partial charge on any atom is 0.407 e. The van der Waals surface area contributed by atoms with Crippen molar-refractivity contribution in [3.63, 3.8) is 0 Å². The zero-order valence-corrected chi connectivity index (χ0v) is 73.3. The molecule has 4 aliphatic rings. The van der Waals surface area contributed by atoms with Crippen molar-refractivity contribution in [1.82, 2.24) is 42.5 Å². The van der Waals surface area contributed by atoms with E-state index >= 15 is 14.4 Å². The molecule has 4 saturated carbocycles. The van der Waals surface area contributed by atoms with E-state index in [0.29, 0.717) is 57.9 Å². The first-order chi connectivity index (χ1) is 52.1. The SMILES string of the molecule is CCCC(C[C@H]1C(O)C(C)(C(=O)O[C@H]2[C@@H]([C@@H](NC(C)=O)C(CC)CC)[C@H](NC(=O)OC(C)(C)C)C[C@]2(CC)C(=O)OC2[C@H](CC(CCC)C(C)CNC(C)=O)[C@H](NC(=O)OC(C)(C)C)CC2(C)C(=O)O[C@H]2C([C@@H](NC(C)=O)C(CC)CC)C(NC(=O)OC(C)(C)C)C[C@@H]2C(=O)O)C[C@H]1NC(=O)OC(C)(C)C)C(C)CNC(C)=O. The number of rotatable bonds is 36. The van der Waals surface area contributed by atoms with Crippen molar-refractivity contribution in [3.05, 3.63) is 0 Å². The average Bonchev–Trinajstić information content (AvgIpc) is 1.57. The summed E-state index contributed by atoms with van der Waals surface area (Å²) in [5.74, 6) is -13.7. The van der Waals surface area contributed by atoms with Gasteiger partial charge in [-0.05, 0) is 177 Å². The number of hydrogen-bond acceptors (Lipinski definition) is 20. The lowest BCUT2D eigenvalue weighted by Gasteiger charge is -2.42. The summed E-state index contributed by atoms with van der Waals surface area (Å²) in [7, 11) is 0. The zero-order chi connectivity index (χ0) is 86.2. The van der Waals surface area contributed by atoms with E-state index in [1.54, 1.807) is 90.0 Å². The van der Waals surface area contributed by atoms with Crippen molar-refractivity contribution in [2.24, 2.45) is 81.3 Å². The van der Waals surface area contributed by atoms with E-state index in [9.17, 15) is 53.4 Å². The number of aliphatic hydroxyl groups is 1. The van der Waals surface area contributed by atoms with Gasteiger partial charge in [-0.15, -0.1) is 0 Å². The van der Waals surface area contributed by atoms with Gasteiger partial charge in [0.1, 0.15) is 51.5 Å². The Morgan fingerprint density at radius 1 is 0.442 bits per heavy atom. The van der Waals surface area contributed by atoms with Crippen molar-refractivity contribution >= 4 is 71.9 Å². The monoisotopic (exact) mass is 1600 g/mol. The zero-order valence-electron chi connectivity index (χ0n) is 73.3. The summed E-state index contributed by atoms with van der Waals surface area (Å²) in [5.41, 5.74) is -10.3. The van der Waals surface area contributed by atoms with Crippen molar-refractivity contribution in [3.8, 4) is 0 Å². The molecule has 4 rings (SSSR count). The van der Waals surface area contributed by atoms with Gasteiger partial charge in [-0.25, -0.2) is 19.2 Å². The number of aliphatic hydroxyl groups excluding tert-OH is 1. The van der Waals surface area contributed by atoms with Gasteiger partial charge in [0, 0.05) is 101 Å². The maximum absolute atomic E-state index is 17.4. The van der Waals surface area contributed by atoms with Crippen LogP contribution in [0.3, 0.4) is 0 Å². The van der Waals surface area contributed by atoms with Crippen LogP contribution in [0.4, 0.5) is 19.2 Å². The average molecular weight is 1600 g/mol. The number of carboxylic acid groups (broad SMARTS) is 1. The minimum Gasteiger partial charge on any atom is -0.481 e.